The zero-order chi connectivity index (χ0) is 13.8. The molecule has 1 heterocycles. The molecule has 1 aromatic heterocycles. The molecule has 108 valence electrons. The number of aromatic nitrogens is 2. The number of hydrogen-bond donors (Lipinski definition) is 1. The number of nitrogens with zero attached hydrogens (tertiary/aromatic N) is 2. The Hall–Kier alpha value is -0.540. The molecule has 1 aliphatic carbocycles. The van der Waals surface area contributed by atoms with Crippen LogP contribution in [0.2, 0.25) is 5.02 Å². The van der Waals surface area contributed by atoms with E-state index in [1.165, 1.54) is 31.4 Å². The van der Waals surface area contributed by atoms with E-state index in [2.05, 4.69) is 24.3 Å². The third-order valence-corrected chi connectivity index (χ3v) is 4.92. The van der Waals surface area contributed by atoms with Crippen LogP contribution >= 0.6 is 11.6 Å². The van der Waals surface area contributed by atoms with E-state index in [0.717, 1.165) is 24.0 Å². The predicted molar refractivity (Wildman–Crippen MR) is 80.6 cm³/mol. The lowest BCUT2D eigenvalue weighted by Crippen LogP contribution is -2.33. The Labute approximate surface area is 121 Å². The first kappa shape index (κ1) is 14.9. The summed E-state index contributed by atoms with van der Waals surface area (Å²) < 4.78 is 1.98. The molecule has 0 bridgehead atoms. The molecule has 1 aromatic rings. The maximum atomic E-state index is 6.36. The Bertz CT molecular complexity index is 383. The summed E-state index contributed by atoms with van der Waals surface area (Å²) in [5, 5.41) is 8.67. The van der Waals surface area contributed by atoms with Gasteiger partial charge in [0.05, 0.1) is 16.9 Å². The monoisotopic (exact) mass is 283 g/mol. The van der Waals surface area contributed by atoms with Gasteiger partial charge in [0.1, 0.15) is 0 Å². The molecule has 4 heteroatoms. The van der Waals surface area contributed by atoms with Crippen LogP contribution in [0.15, 0.2) is 6.20 Å². The minimum absolute atomic E-state index is 0.553. The molecule has 0 aliphatic heterocycles. The van der Waals surface area contributed by atoms with Gasteiger partial charge in [-0.2, -0.15) is 5.10 Å². The summed E-state index contributed by atoms with van der Waals surface area (Å²) in [6.07, 6.45) is 6.98. The van der Waals surface area contributed by atoms with Crippen molar-refractivity contribution in [2.45, 2.75) is 45.4 Å². The van der Waals surface area contributed by atoms with Crippen LogP contribution in [0.1, 0.15) is 51.1 Å². The fourth-order valence-electron chi connectivity index (χ4n) is 3.44. The second-order valence-electron chi connectivity index (χ2n) is 5.76. The lowest BCUT2D eigenvalue weighted by molar-refractivity contribution is 0.220. The van der Waals surface area contributed by atoms with Crippen LogP contribution in [-0.2, 0) is 7.05 Å². The van der Waals surface area contributed by atoms with E-state index in [4.69, 9.17) is 11.6 Å². The van der Waals surface area contributed by atoms with Gasteiger partial charge < -0.3 is 5.32 Å². The average molecular weight is 284 g/mol. The highest BCUT2D eigenvalue weighted by Crippen LogP contribution is 2.43. The maximum Gasteiger partial charge on any atom is 0.0820 e. The van der Waals surface area contributed by atoms with Crippen LogP contribution in [0.4, 0.5) is 0 Å². The molecule has 19 heavy (non-hydrogen) atoms. The Kier molecular flexibility index (Phi) is 5.28. The van der Waals surface area contributed by atoms with E-state index in [9.17, 15) is 0 Å². The third kappa shape index (κ3) is 3.32. The summed E-state index contributed by atoms with van der Waals surface area (Å²) in [7, 11) is 2.01. The van der Waals surface area contributed by atoms with E-state index in [0.29, 0.717) is 11.8 Å². The molecule has 1 aliphatic rings. The van der Waals surface area contributed by atoms with Crippen molar-refractivity contribution in [2.24, 2.45) is 18.9 Å². The Balaban J connectivity index is 2.19. The van der Waals surface area contributed by atoms with Crippen molar-refractivity contribution < 1.29 is 0 Å². The van der Waals surface area contributed by atoms with Gasteiger partial charge in [-0.15, -0.1) is 0 Å². The van der Waals surface area contributed by atoms with Crippen LogP contribution in [0.25, 0.3) is 0 Å². The number of rotatable bonds is 5. The van der Waals surface area contributed by atoms with E-state index in [1.54, 1.807) is 6.20 Å². The van der Waals surface area contributed by atoms with Gasteiger partial charge in [0.25, 0.3) is 0 Å². The maximum absolute atomic E-state index is 6.36. The number of halogens is 1. The molecular weight excluding hydrogens is 258 g/mol. The summed E-state index contributed by atoms with van der Waals surface area (Å²) in [4.78, 5) is 0. The van der Waals surface area contributed by atoms with Crippen LogP contribution in [0.5, 0.6) is 0 Å². The third-order valence-electron chi connectivity index (χ3n) is 4.62. The van der Waals surface area contributed by atoms with Crippen molar-refractivity contribution in [1.29, 1.82) is 0 Å². The standard InChI is InChI=1S/C15H26ClN3/c1-4-11-6-7-12(9-17-5-2)13(8-11)15-14(16)10-18-19(15)3/h10-13,17H,4-9H2,1-3H3. The zero-order valence-electron chi connectivity index (χ0n) is 12.3. The molecule has 1 N–H and O–H groups in total. The first-order valence-electron chi connectivity index (χ1n) is 7.55. The van der Waals surface area contributed by atoms with E-state index in [-0.39, 0.29) is 0 Å². The minimum Gasteiger partial charge on any atom is -0.317 e. The van der Waals surface area contributed by atoms with Gasteiger partial charge in [-0.25, -0.2) is 0 Å². The molecule has 0 saturated heterocycles. The van der Waals surface area contributed by atoms with Gasteiger partial charge in [0, 0.05) is 13.0 Å². The van der Waals surface area contributed by atoms with Gasteiger partial charge in [0.2, 0.25) is 0 Å². The van der Waals surface area contributed by atoms with Crippen LogP contribution in [-0.4, -0.2) is 22.9 Å². The SMILES string of the molecule is CCNCC1CCC(CC)CC1c1c(Cl)cnn1C. The lowest BCUT2D eigenvalue weighted by Gasteiger charge is -2.36. The van der Waals surface area contributed by atoms with Crippen LogP contribution < -0.4 is 5.32 Å². The molecule has 3 unspecified atom stereocenters. The van der Waals surface area contributed by atoms with Crippen molar-refractivity contribution >= 4 is 11.6 Å². The van der Waals surface area contributed by atoms with Crippen LogP contribution in [0, 0.1) is 11.8 Å². The normalized spacial score (nSPS) is 27.7. The highest BCUT2D eigenvalue weighted by molar-refractivity contribution is 6.31. The van der Waals surface area contributed by atoms with E-state index >= 15 is 0 Å². The second kappa shape index (κ2) is 6.76. The summed E-state index contributed by atoms with van der Waals surface area (Å²) in [6.45, 7) is 6.61. The molecule has 2 rings (SSSR count). The van der Waals surface area contributed by atoms with Gasteiger partial charge in [-0.05, 0) is 37.8 Å². The largest absolute Gasteiger partial charge is 0.317 e. The van der Waals surface area contributed by atoms with Gasteiger partial charge >= 0.3 is 0 Å². The van der Waals surface area contributed by atoms with Crippen molar-refractivity contribution in [2.75, 3.05) is 13.1 Å². The summed E-state index contributed by atoms with van der Waals surface area (Å²) in [6, 6.07) is 0. The zero-order valence-corrected chi connectivity index (χ0v) is 13.1. The first-order chi connectivity index (χ1) is 9.17. The van der Waals surface area contributed by atoms with Crippen molar-refractivity contribution in [3.05, 3.63) is 16.9 Å². The second-order valence-corrected chi connectivity index (χ2v) is 6.17. The molecule has 3 atom stereocenters. The van der Waals surface area contributed by atoms with Crippen molar-refractivity contribution in [3.8, 4) is 0 Å². The Morgan fingerprint density at radius 1 is 1.42 bits per heavy atom. The van der Waals surface area contributed by atoms with E-state index < -0.39 is 0 Å². The Morgan fingerprint density at radius 2 is 2.21 bits per heavy atom. The van der Waals surface area contributed by atoms with Gasteiger partial charge in [-0.1, -0.05) is 38.3 Å². The molecule has 1 fully saturated rings. The molecule has 0 spiro atoms. The molecule has 1 saturated carbocycles. The quantitative estimate of drug-likeness (QED) is 0.895. The summed E-state index contributed by atoms with van der Waals surface area (Å²) >= 11 is 6.36. The number of nitrogens with one attached hydrogen (secondary N) is 1. The van der Waals surface area contributed by atoms with Crippen molar-refractivity contribution in [1.82, 2.24) is 15.1 Å². The fraction of sp³-hybridized carbons (Fsp3) is 0.800. The minimum atomic E-state index is 0.553. The first-order valence-corrected chi connectivity index (χ1v) is 7.93. The van der Waals surface area contributed by atoms with Gasteiger partial charge in [-0.3, -0.25) is 4.68 Å². The molecule has 0 radical (unpaired) electrons. The highest BCUT2D eigenvalue weighted by Gasteiger charge is 2.33. The average Bonchev–Trinajstić information content (AvgIpc) is 2.76. The molecule has 0 amide bonds. The Morgan fingerprint density at radius 3 is 2.79 bits per heavy atom. The molecular formula is C15H26ClN3. The number of hydrogen-bond acceptors (Lipinski definition) is 2. The van der Waals surface area contributed by atoms with Crippen LogP contribution in [0.3, 0.4) is 0 Å². The molecule has 3 nitrogen and oxygen atoms in total. The topological polar surface area (TPSA) is 29.9 Å². The predicted octanol–water partition coefficient (Wildman–Crippen LogP) is 3.59. The lowest BCUT2D eigenvalue weighted by atomic mass is 9.71. The molecule has 0 aromatic carbocycles. The van der Waals surface area contributed by atoms with Gasteiger partial charge in [0.15, 0.2) is 0 Å². The summed E-state index contributed by atoms with van der Waals surface area (Å²) in [5.41, 5.74) is 1.24. The van der Waals surface area contributed by atoms with Crippen molar-refractivity contribution in [3.63, 3.8) is 0 Å². The fourth-order valence-corrected chi connectivity index (χ4v) is 3.74. The van der Waals surface area contributed by atoms with E-state index in [1.807, 2.05) is 11.7 Å². The smallest absolute Gasteiger partial charge is 0.0820 e. The highest BCUT2D eigenvalue weighted by atomic mass is 35.5. The summed E-state index contributed by atoms with van der Waals surface area (Å²) in [5.74, 6) is 2.09. The number of aryl methyl sites for hydroxylation is 1.